The van der Waals surface area contributed by atoms with Crippen LogP contribution in [0.15, 0.2) is 61.7 Å². The molecule has 0 aromatic heterocycles. The molecule has 124 valence electrons. The van der Waals surface area contributed by atoms with Gasteiger partial charge in [0.05, 0.1) is 0 Å². The summed E-state index contributed by atoms with van der Waals surface area (Å²) in [7, 11) is 0. The van der Waals surface area contributed by atoms with Crippen LogP contribution in [0.4, 0.5) is 4.79 Å². The van der Waals surface area contributed by atoms with Gasteiger partial charge in [0.25, 0.3) is 0 Å². The van der Waals surface area contributed by atoms with E-state index in [4.69, 9.17) is 9.47 Å². The summed E-state index contributed by atoms with van der Waals surface area (Å²) in [5.74, 6) is 1.06. The molecule has 0 N–H and O–H groups in total. The highest BCUT2D eigenvalue weighted by Crippen LogP contribution is 2.27. The lowest BCUT2D eigenvalue weighted by Gasteiger charge is -2.14. The summed E-state index contributed by atoms with van der Waals surface area (Å²) in [5.41, 5.74) is 3.56. The second-order valence-corrected chi connectivity index (χ2v) is 5.57. The highest BCUT2D eigenvalue weighted by Gasteiger charge is 2.16. The van der Waals surface area contributed by atoms with Gasteiger partial charge in [-0.3, -0.25) is 0 Å². The Morgan fingerprint density at radius 2 is 1.29 bits per heavy atom. The lowest BCUT2D eigenvalue weighted by molar-refractivity contribution is 0.150. The summed E-state index contributed by atoms with van der Waals surface area (Å²) in [4.78, 5) is 12.3. The number of ether oxygens (including phenoxy) is 2. The van der Waals surface area contributed by atoms with Crippen LogP contribution >= 0.6 is 0 Å². The van der Waals surface area contributed by atoms with Crippen LogP contribution in [0, 0.1) is 13.8 Å². The van der Waals surface area contributed by atoms with Crippen LogP contribution in [0.25, 0.3) is 0 Å². The van der Waals surface area contributed by atoms with Crippen LogP contribution < -0.4 is 9.47 Å². The Balaban J connectivity index is 2.24. The molecule has 0 amide bonds. The smallest absolute Gasteiger partial charge is 0.394 e. The van der Waals surface area contributed by atoms with Crippen molar-refractivity contribution in [3.05, 3.63) is 84.0 Å². The van der Waals surface area contributed by atoms with Gasteiger partial charge < -0.3 is 9.47 Å². The SMILES string of the molecule is C=CCc1cccc(C)c1OC(=O)Oc1c(C)cccc1CC=C. The lowest BCUT2D eigenvalue weighted by atomic mass is 10.1. The van der Waals surface area contributed by atoms with Crippen LogP contribution in [0.2, 0.25) is 0 Å². The predicted octanol–water partition coefficient (Wildman–Crippen LogP) is 5.34. The number of hydrogen-bond donors (Lipinski definition) is 0. The topological polar surface area (TPSA) is 35.5 Å². The fourth-order valence-electron chi connectivity index (χ4n) is 2.54. The largest absolute Gasteiger partial charge is 0.519 e. The maximum atomic E-state index is 12.3. The van der Waals surface area contributed by atoms with Gasteiger partial charge in [-0.1, -0.05) is 48.6 Å². The number of carbonyl (C=O) groups is 1. The minimum atomic E-state index is -0.741. The molecule has 2 aromatic rings. The zero-order valence-electron chi connectivity index (χ0n) is 14.2. The molecule has 0 aliphatic rings. The van der Waals surface area contributed by atoms with Gasteiger partial charge in [-0.25, -0.2) is 4.79 Å². The fraction of sp³-hybridized carbons (Fsp3) is 0.190. The van der Waals surface area contributed by atoms with E-state index in [0.29, 0.717) is 24.3 Å². The van der Waals surface area contributed by atoms with E-state index >= 15 is 0 Å². The third-order valence-corrected chi connectivity index (χ3v) is 3.69. The van der Waals surface area contributed by atoms with Gasteiger partial charge in [-0.15, -0.1) is 13.2 Å². The predicted molar refractivity (Wildman–Crippen MR) is 96.8 cm³/mol. The fourth-order valence-corrected chi connectivity index (χ4v) is 2.54. The first-order chi connectivity index (χ1) is 11.6. The van der Waals surface area contributed by atoms with Crippen molar-refractivity contribution in [1.82, 2.24) is 0 Å². The molecule has 0 heterocycles. The third kappa shape index (κ3) is 4.13. The second kappa shape index (κ2) is 8.16. The van der Waals surface area contributed by atoms with Crippen LogP contribution in [-0.4, -0.2) is 6.16 Å². The Morgan fingerprint density at radius 3 is 1.67 bits per heavy atom. The summed E-state index contributed by atoms with van der Waals surface area (Å²) in [6, 6.07) is 11.5. The maximum Gasteiger partial charge on any atom is 0.519 e. The first-order valence-electron chi connectivity index (χ1n) is 7.85. The minimum absolute atomic E-state index is 0.529. The molecule has 3 heteroatoms. The zero-order valence-corrected chi connectivity index (χ0v) is 14.2. The number of allylic oxidation sites excluding steroid dienone is 2. The molecular formula is C21H22O3. The molecule has 0 aliphatic carbocycles. The van der Waals surface area contributed by atoms with Gasteiger partial charge in [0.1, 0.15) is 11.5 Å². The average molecular weight is 322 g/mol. The van der Waals surface area contributed by atoms with Gasteiger partial charge in [-0.2, -0.15) is 0 Å². The molecule has 0 bridgehead atoms. The zero-order chi connectivity index (χ0) is 17.5. The quantitative estimate of drug-likeness (QED) is 0.409. The van der Waals surface area contributed by atoms with Gasteiger partial charge in [0, 0.05) is 0 Å². The van der Waals surface area contributed by atoms with Gasteiger partial charge >= 0.3 is 6.16 Å². The average Bonchev–Trinajstić information content (AvgIpc) is 2.54. The molecule has 0 radical (unpaired) electrons. The normalized spacial score (nSPS) is 10.1. The van der Waals surface area contributed by atoms with Crippen molar-refractivity contribution in [3.8, 4) is 11.5 Å². The molecule has 0 atom stereocenters. The molecule has 24 heavy (non-hydrogen) atoms. The Morgan fingerprint density at radius 1 is 0.875 bits per heavy atom. The summed E-state index contributed by atoms with van der Waals surface area (Å²) in [6.07, 6.45) is 4.05. The second-order valence-electron chi connectivity index (χ2n) is 5.57. The van der Waals surface area contributed by atoms with E-state index in [0.717, 1.165) is 22.3 Å². The number of aryl methyl sites for hydroxylation is 2. The van der Waals surface area contributed by atoms with Crippen molar-refractivity contribution in [2.24, 2.45) is 0 Å². The molecule has 0 saturated carbocycles. The monoisotopic (exact) mass is 322 g/mol. The first-order valence-corrected chi connectivity index (χ1v) is 7.85. The van der Waals surface area contributed by atoms with Crippen LogP contribution in [0.3, 0.4) is 0 Å². The Bertz CT molecular complexity index is 696. The van der Waals surface area contributed by atoms with Crippen molar-refractivity contribution < 1.29 is 14.3 Å². The van der Waals surface area contributed by atoms with Crippen LogP contribution in [0.1, 0.15) is 22.3 Å². The van der Waals surface area contributed by atoms with E-state index in [1.807, 2.05) is 50.2 Å². The van der Waals surface area contributed by atoms with E-state index in [1.165, 1.54) is 0 Å². The van der Waals surface area contributed by atoms with Crippen molar-refractivity contribution in [2.75, 3.05) is 0 Å². The Kier molecular flexibility index (Phi) is 5.96. The first kappa shape index (κ1) is 17.5. The molecule has 0 aliphatic heterocycles. The van der Waals surface area contributed by atoms with Crippen molar-refractivity contribution in [2.45, 2.75) is 26.7 Å². The number of hydrogen-bond acceptors (Lipinski definition) is 3. The Hall–Kier alpha value is -2.81. The molecule has 2 rings (SSSR count). The van der Waals surface area contributed by atoms with E-state index in [2.05, 4.69) is 13.2 Å². The van der Waals surface area contributed by atoms with Crippen LogP contribution in [0.5, 0.6) is 11.5 Å². The molecule has 0 saturated heterocycles. The highest BCUT2D eigenvalue weighted by molar-refractivity contribution is 5.69. The standard InChI is InChI=1S/C21H22O3/c1-5-9-17-13-7-11-15(3)19(17)23-21(22)24-20-16(4)12-8-14-18(20)10-6-2/h5-8,11-14H,1-2,9-10H2,3-4H3. The minimum Gasteiger partial charge on any atom is -0.394 e. The van der Waals surface area contributed by atoms with Crippen molar-refractivity contribution in [1.29, 1.82) is 0 Å². The molecule has 3 nitrogen and oxygen atoms in total. The van der Waals surface area contributed by atoms with E-state index in [9.17, 15) is 4.79 Å². The molecule has 0 spiro atoms. The van der Waals surface area contributed by atoms with Gasteiger partial charge in [0.15, 0.2) is 0 Å². The number of rotatable bonds is 6. The highest BCUT2D eigenvalue weighted by atomic mass is 16.7. The molecule has 0 unspecified atom stereocenters. The molecule has 2 aromatic carbocycles. The summed E-state index contributed by atoms with van der Waals surface area (Å²) in [5, 5.41) is 0. The summed E-state index contributed by atoms with van der Waals surface area (Å²) >= 11 is 0. The van der Waals surface area contributed by atoms with E-state index in [1.54, 1.807) is 12.2 Å². The van der Waals surface area contributed by atoms with Crippen molar-refractivity contribution in [3.63, 3.8) is 0 Å². The summed E-state index contributed by atoms with van der Waals surface area (Å²) < 4.78 is 11.0. The van der Waals surface area contributed by atoms with Crippen LogP contribution in [-0.2, 0) is 12.8 Å². The maximum absolute atomic E-state index is 12.3. The van der Waals surface area contributed by atoms with Gasteiger partial charge in [0.2, 0.25) is 0 Å². The molecular weight excluding hydrogens is 300 g/mol. The number of benzene rings is 2. The van der Waals surface area contributed by atoms with E-state index < -0.39 is 6.16 Å². The summed E-state index contributed by atoms with van der Waals surface area (Å²) in [6.45, 7) is 11.3. The van der Waals surface area contributed by atoms with Gasteiger partial charge in [-0.05, 0) is 48.9 Å². The molecule has 0 fully saturated rings. The number of carbonyl (C=O) groups excluding carboxylic acids is 1. The lowest BCUT2D eigenvalue weighted by Crippen LogP contribution is -2.17. The third-order valence-electron chi connectivity index (χ3n) is 3.69. The number of para-hydroxylation sites is 2. The van der Waals surface area contributed by atoms with E-state index in [-0.39, 0.29) is 0 Å². The Labute approximate surface area is 143 Å². The van der Waals surface area contributed by atoms with Crippen molar-refractivity contribution >= 4 is 6.16 Å².